The highest BCUT2D eigenvalue weighted by Gasteiger charge is 2.49. The van der Waals surface area contributed by atoms with Crippen LogP contribution < -0.4 is 20.7 Å². The van der Waals surface area contributed by atoms with E-state index < -0.39 is 8.07 Å². The van der Waals surface area contributed by atoms with E-state index in [9.17, 15) is 0 Å². The Kier molecular flexibility index (Phi) is 9.30. The normalized spacial score (nSPS) is 12.7. The molecule has 0 aliphatic carbocycles. The highest BCUT2D eigenvalue weighted by Crippen LogP contribution is 2.41. The molecule has 2 heteroatoms. The Balaban J connectivity index is 1.00. The van der Waals surface area contributed by atoms with Crippen LogP contribution in [0.25, 0.3) is 105 Å². The van der Waals surface area contributed by atoms with Crippen molar-refractivity contribution in [3.8, 4) is 61.3 Å². The lowest BCUT2D eigenvalue weighted by atomic mass is 9.95. The maximum atomic E-state index is 2.56. The average Bonchev–Trinajstić information content (AvgIpc) is 3.92. The third-order valence-corrected chi connectivity index (χ3v) is 19.9. The van der Waals surface area contributed by atoms with Crippen LogP contribution >= 0.6 is 0 Å². The first-order valence-corrected chi connectivity index (χ1v) is 26.3. The van der Waals surface area contributed by atoms with Crippen LogP contribution in [0.2, 0.25) is 0 Å². The summed E-state index contributed by atoms with van der Waals surface area (Å²) in [5, 5.41) is 13.1. The SMILES string of the molecule is c1ccc(-c2ccc(-c3ccc4c(c3)[Si](c3ccccc3)(c3ccccc3)c3cc(-n5c6ccc(-c7cccc8ccccc78)cc6c6cc(-c7cccc8ccccc78)ccc65)ccc3-4)cc2)cc1. The van der Waals surface area contributed by atoms with E-state index in [1.54, 1.807) is 0 Å². The van der Waals surface area contributed by atoms with Crippen LogP contribution in [0, 0.1) is 0 Å². The number of hydrogen-bond acceptors (Lipinski definition) is 0. The number of rotatable bonds is 7. The molecule has 1 aliphatic rings. The molecule has 326 valence electrons. The lowest BCUT2D eigenvalue weighted by Gasteiger charge is -2.32. The summed E-state index contributed by atoms with van der Waals surface area (Å²) in [6, 6.07) is 102. The smallest absolute Gasteiger partial charge is 0.180 e. The molecule has 12 aromatic carbocycles. The summed E-state index contributed by atoms with van der Waals surface area (Å²) in [5.41, 5.74) is 16.0. The van der Waals surface area contributed by atoms with Gasteiger partial charge in [0.1, 0.15) is 0 Å². The van der Waals surface area contributed by atoms with Crippen LogP contribution in [-0.4, -0.2) is 12.6 Å². The van der Waals surface area contributed by atoms with Gasteiger partial charge in [-0.05, 0) is 134 Å². The Labute approximate surface area is 408 Å². The van der Waals surface area contributed by atoms with E-state index in [1.807, 2.05) is 0 Å². The minimum Gasteiger partial charge on any atom is -0.309 e. The summed E-state index contributed by atoms with van der Waals surface area (Å²) in [5.74, 6) is 0. The minimum absolute atomic E-state index is 1.17. The maximum Gasteiger partial charge on any atom is 0.180 e. The zero-order valence-electron chi connectivity index (χ0n) is 38.4. The van der Waals surface area contributed by atoms with Crippen molar-refractivity contribution < 1.29 is 0 Å². The van der Waals surface area contributed by atoms with E-state index in [4.69, 9.17) is 0 Å². The van der Waals surface area contributed by atoms with Gasteiger partial charge in [-0.25, -0.2) is 0 Å². The molecule has 14 rings (SSSR count). The first-order valence-electron chi connectivity index (χ1n) is 24.3. The van der Waals surface area contributed by atoms with Crippen molar-refractivity contribution in [2.45, 2.75) is 0 Å². The molecule has 0 atom stereocenters. The quantitative estimate of drug-likeness (QED) is 0.140. The van der Waals surface area contributed by atoms with Gasteiger partial charge in [0.05, 0.1) is 11.0 Å². The van der Waals surface area contributed by atoms with Crippen LogP contribution in [0.3, 0.4) is 0 Å². The van der Waals surface area contributed by atoms with E-state index in [-0.39, 0.29) is 0 Å². The van der Waals surface area contributed by atoms with Gasteiger partial charge in [-0.2, -0.15) is 0 Å². The van der Waals surface area contributed by atoms with Crippen LogP contribution in [0.5, 0.6) is 0 Å². The van der Waals surface area contributed by atoms with Crippen LogP contribution in [-0.2, 0) is 0 Å². The van der Waals surface area contributed by atoms with Gasteiger partial charge in [0, 0.05) is 16.5 Å². The predicted octanol–water partition coefficient (Wildman–Crippen LogP) is 15.1. The molecule has 2 heterocycles. The van der Waals surface area contributed by atoms with E-state index in [1.165, 1.54) is 125 Å². The number of fused-ring (bicyclic) bond motifs is 8. The molecule has 1 aliphatic heterocycles. The molecule has 1 aromatic heterocycles. The third kappa shape index (κ3) is 6.24. The second-order valence-electron chi connectivity index (χ2n) is 18.8. The lowest BCUT2D eigenvalue weighted by molar-refractivity contribution is 1.18. The fraction of sp³-hybridized carbons (Fsp3) is 0. The van der Waals surface area contributed by atoms with Crippen molar-refractivity contribution in [3.05, 3.63) is 273 Å². The first kappa shape index (κ1) is 40.3. The van der Waals surface area contributed by atoms with E-state index in [2.05, 4.69) is 278 Å². The van der Waals surface area contributed by atoms with Gasteiger partial charge in [0.2, 0.25) is 0 Å². The van der Waals surface area contributed by atoms with Crippen LogP contribution in [0.15, 0.2) is 273 Å². The molecule has 0 radical (unpaired) electrons. The molecule has 0 bridgehead atoms. The summed E-state index contributed by atoms with van der Waals surface area (Å²) in [4.78, 5) is 0. The number of nitrogens with zero attached hydrogens (tertiary/aromatic N) is 1. The van der Waals surface area contributed by atoms with Crippen LogP contribution in [0.4, 0.5) is 0 Å². The largest absolute Gasteiger partial charge is 0.309 e. The average molecular weight is 904 g/mol. The molecule has 0 amide bonds. The summed E-state index contributed by atoms with van der Waals surface area (Å²) in [6.45, 7) is 0. The first-order chi connectivity index (χ1) is 34.7. The zero-order valence-corrected chi connectivity index (χ0v) is 39.4. The number of aromatic nitrogens is 1. The fourth-order valence-corrected chi connectivity index (χ4v) is 17.1. The van der Waals surface area contributed by atoms with Gasteiger partial charge < -0.3 is 4.57 Å². The Hall–Kier alpha value is -8.82. The monoisotopic (exact) mass is 903 g/mol. The topological polar surface area (TPSA) is 4.93 Å². The maximum absolute atomic E-state index is 2.90. The number of benzene rings is 12. The van der Waals surface area contributed by atoms with Gasteiger partial charge in [-0.1, -0.05) is 237 Å². The Bertz CT molecular complexity index is 3970. The molecule has 1 nitrogen and oxygen atoms in total. The molecule has 70 heavy (non-hydrogen) atoms. The third-order valence-electron chi connectivity index (χ3n) is 15.1. The second-order valence-corrected chi connectivity index (χ2v) is 22.5. The van der Waals surface area contributed by atoms with Crippen molar-refractivity contribution in [2.75, 3.05) is 0 Å². The summed E-state index contributed by atoms with van der Waals surface area (Å²) < 4.78 is 2.53. The minimum atomic E-state index is -2.90. The number of hydrogen-bond donors (Lipinski definition) is 0. The summed E-state index contributed by atoms with van der Waals surface area (Å²) in [7, 11) is -2.90. The molecular weight excluding hydrogens is 859 g/mol. The highest BCUT2D eigenvalue weighted by atomic mass is 28.3. The van der Waals surface area contributed by atoms with E-state index in [0.717, 1.165) is 0 Å². The standard InChI is InChI=1S/C68H45NSi/c1-4-16-46(17-5-1)47-30-32-48(33-31-47)51-34-38-61-62-39-37-54(45-68(62)70(67(61)44-51,55-22-6-2-7-23-55)56-24-8-3-9-25-56)69-65-40-35-52(59-28-14-20-49-18-10-12-26-57(49)59)42-63(65)64-43-53(36-41-66(64)69)60-29-15-21-50-19-11-13-27-58(50)60/h1-45H. The molecule has 0 fully saturated rings. The van der Waals surface area contributed by atoms with Crippen molar-refractivity contribution in [1.82, 2.24) is 4.57 Å². The van der Waals surface area contributed by atoms with Crippen molar-refractivity contribution in [2.24, 2.45) is 0 Å². The predicted molar refractivity (Wildman–Crippen MR) is 300 cm³/mol. The zero-order chi connectivity index (χ0) is 46.2. The molecule has 0 saturated carbocycles. The Morgan fingerprint density at radius 2 is 0.657 bits per heavy atom. The Morgan fingerprint density at radius 1 is 0.243 bits per heavy atom. The van der Waals surface area contributed by atoms with Gasteiger partial charge >= 0.3 is 0 Å². The second kappa shape index (κ2) is 16.2. The molecule has 13 aromatic rings. The summed E-state index contributed by atoms with van der Waals surface area (Å²) in [6.07, 6.45) is 0. The highest BCUT2D eigenvalue weighted by molar-refractivity contribution is 7.22. The summed E-state index contributed by atoms with van der Waals surface area (Å²) >= 11 is 0. The fourth-order valence-electron chi connectivity index (χ4n) is 11.9. The molecule has 0 saturated heterocycles. The van der Waals surface area contributed by atoms with Gasteiger partial charge in [0.25, 0.3) is 0 Å². The van der Waals surface area contributed by atoms with E-state index in [0.29, 0.717) is 0 Å². The Morgan fingerprint density at radius 3 is 1.21 bits per heavy atom. The molecule has 0 spiro atoms. The lowest BCUT2D eigenvalue weighted by Crippen LogP contribution is -2.72. The van der Waals surface area contributed by atoms with Crippen molar-refractivity contribution in [1.29, 1.82) is 0 Å². The van der Waals surface area contributed by atoms with Crippen molar-refractivity contribution >= 4 is 72.2 Å². The van der Waals surface area contributed by atoms with Gasteiger partial charge in [-0.15, -0.1) is 0 Å². The van der Waals surface area contributed by atoms with E-state index >= 15 is 0 Å². The molecule has 0 unspecified atom stereocenters. The van der Waals surface area contributed by atoms with Gasteiger partial charge in [-0.3, -0.25) is 0 Å². The van der Waals surface area contributed by atoms with Crippen LogP contribution in [0.1, 0.15) is 0 Å². The van der Waals surface area contributed by atoms with Gasteiger partial charge in [0.15, 0.2) is 8.07 Å². The van der Waals surface area contributed by atoms with Crippen molar-refractivity contribution in [3.63, 3.8) is 0 Å². The molecular formula is C68H45NSi. The molecule has 0 N–H and O–H groups in total.